The van der Waals surface area contributed by atoms with E-state index in [1.165, 1.54) is 32.4 Å². The van der Waals surface area contributed by atoms with Crippen LogP contribution < -0.4 is 10.6 Å². The van der Waals surface area contributed by atoms with Crippen molar-refractivity contribution in [3.63, 3.8) is 0 Å². The van der Waals surface area contributed by atoms with Gasteiger partial charge < -0.3 is 10.6 Å². The number of nitro groups is 1. The van der Waals surface area contributed by atoms with Crippen molar-refractivity contribution >= 4 is 17.3 Å². The van der Waals surface area contributed by atoms with E-state index in [1.54, 1.807) is 0 Å². The number of amides is 1. The summed E-state index contributed by atoms with van der Waals surface area (Å²) < 4.78 is 13.6. The highest BCUT2D eigenvalue weighted by atomic mass is 19.1. The molecule has 114 valence electrons. The van der Waals surface area contributed by atoms with Crippen LogP contribution in [0.15, 0.2) is 12.1 Å². The third kappa shape index (κ3) is 3.48. The number of hydrogen-bond donors (Lipinski definition) is 2. The molecule has 1 aliphatic carbocycles. The smallest absolute Gasteiger partial charge is 0.285 e. The molecule has 2 N–H and O–H groups in total. The number of carbonyl (C=O) groups is 1. The van der Waals surface area contributed by atoms with Gasteiger partial charge in [-0.15, -0.1) is 0 Å². The highest BCUT2D eigenvalue weighted by Gasteiger charge is 2.24. The van der Waals surface area contributed by atoms with Crippen LogP contribution >= 0.6 is 0 Å². The first kappa shape index (κ1) is 15.2. The van der Waals surface area contributed by atoms with Crippen LogP contribution in [0.5, 0.6) is 0 Å². The Morgan fingerprint density at radius 2 is 2.19 bits per heavy atom. The maximum Gasteiger partial charge on any atom is 0.285 e. The molecular weight excluding hydrogens is 277 g/mol. The number of rotatable bonds is 6. The molecule has 0 spiro atoms. The topological polar surface area (TPSA) is 84.3 Å². The maximum atomic E-state index is 13.6. The summed E-state index contributed by atoms with van der Waals surface area (Å²) in [7, 11) is 1.49. The molecule has 21 heavy (non-hydrogen) atoms. The molecule has 1 saturated carbocycles. The van der Waals surface area contributed by atoms with Crippen LogP contribution in [-0.2, 0) is 0 Å². The maximum absolute atomic E-state index is 13.6. The van der Waals surface area contributed by atoms with Crippen LogP contribution in [0.25, 0.3) is 0 Å². The molecule has 6 nitrogen and oxygen atoms in total. The van der Waals surface area contributed by atoms with Crippen molar-refractivity contribution in [3.05, 3.63) is 33.6 Å². The molecular formula is C14H18FN3O3. The van der Waals surface area contributed by atoms with E-state index in [1.807, 2.05) is 0 Å². The van der Waals surface area contributed by atoms with Crippen molar-refractivity contribution in [2.24, 2.45) is 5.92 Å². The van der Waals surface area contributed by atoms with Crippen LogP contribution in [0.4, 0.5) is 15.8 Å². The average Bonchev–Trinajstić information content (AvgIpc) is 2.40. The third-order valence-electron chi connectivity index (χ3n) is 3.86. The number of nitrogens with zero attached hydrogens (tertiary/aromatic N) is 1. The van der Waals surface area contributed by atoms with Crippen LogP contribution in [0.1, 0.15) is 36.0 Å². The van der Waals surface area contributed by atoms with E-state index < -0.39 is 22.3 Å². The van der Waals surface area contributed by atoms with Gasteiger partial charge in [0, 0.05) is 13.6 Å². The molecule has 0 aromatic heterocycles. The monoisotopic (exact) mass is 295 g/mol. The molecule has 1 fully saturated rings. The minimum Gasteiger partial charge on any atom is -0.386 e. The predicted molar refractivity (Wildman–Crippen MR) is 76.9 cm³/mol. The molecule has 0 heterocycles. The van der Waals surface area contributed by atoms with Gasteiger partial charge in [-0.3, -0.25) is 14.9 Å². The molecule has 0 atom stereocenters. The highest BCUT2D eigenvalue weighted by molar-refractivity contribution is 5.99. The lowest BCUT2D eigenvalue weighted by Crippen LogP contribution is -2.28. The lowest BCUT2D eigenvalue weighted by molar-refractivity contribution is -0.385. The van der Waals surface area contributed by atoms with Gasteiger partial charge in [-0.2, -0.15) is 0 Å². The van der Waals surface area contributed by atoms with E-state index in [4.69, 9.17) is 0 Å². The second-order valence-electron chi connectivity index (χ2n) is 5.20. The van der Waals surface area contributed by atoms with Crippen LogP contribution in [-0.4, -0.2) is 24.4 Å². The summed E-state index contributed by atoms with van der Waals surface area (Å²) in [5.41, 5.74) is -0.586. The van der Waals surface area contributed by atoms with Crippen molar-refractivity contribution in [3.8, 4) is 0 Å². The molecule has 1 amide bonds. The molecule has 1 aliphatic rings. The first-order chi connectivity index (χ1) is 10.0. The van der Waals surface area contributed by atoms with E-state index in [2.05, 4.69) is 10.6 Å². The van der Waals surface area contributed by atoms with Crippen molar-refractivity contribution in [2.75, 3.05) is 18.9 Å². The Balaban J connectivity index is 2.11. The minimum absolute atomic E-state index is 0.0599. The van der Waals surface area contributed by atoms with Gasteiger partial charge in [0.15, 0.2) is 5.82 Å². The average molecular weight is 295 g/mol. The van der Waals surface area contributed by atoms with E-state index >= 15 is 0 Å². The standard InChI is InChI=1S/C14H18FN3O3/c1-16-12-7-10(13(18(20)21)8-11(12)15)14(19)17-6-5-9-3-2-4-9/h7-9,16H,2-6H2,1H3,(H,17,19). The van der Waals surface area contributed by atoms with Gasteiger partial charge in [-0.1, -0.05) is 19.3 Å². The second-order valence-corrected chi connectivity index (χ2v) is 5.20. The van der Waals surface area contributed by atoms with Crippen molar-refractivity contribution in [2.45, 2.75) is 25.7 Å². The molecule has 1 aromatic rings. The second kappa shape index (κ2) is 6.51. The van der Waals surface area contributed by atoms with E-state index in [0.29, 0.717) is 12.5 Å². The number of halogens is 1. The number of hydrogen-bond acceptors (Lipinski definition) is 4. The van der Waals surface area contributed by atoms with Gasteiger partial charge in [-0.25, -0.2) is 4.39 Å². The summed E-state index contributed by atoms with van der Waals surface area (Å²) in [5, 5.41) is 16.2. The SMILES string of the molecule is CNc1cc(C(=O)NCCC2CCC2)c([N+](=O)[O-])cc1F. The first-order valence-corrected chi connectivity index (χ1v) is 6.96. The zero-order valence-electron chi connectivity index (χ0n) is 11.8. The van der Waals surface area contributed by atoms with Gasteiger partial charge in [0.1, 0.15) is 5.56 Å². The Labute approximate surface area is 121 Å². The Morgan fingerprint density at radius 1 is 1.48 bits per heavy atom. The molecule has 0 aliphatic heterocycles. The number of nitro benzene ring substituents is 1. The van der Waals surface area contributed by atoms with Gasteiger partial charge >= 0.3 is 0 Å². The zero-order valence-corrected chi connectivity index (χ0v) is 11.8. The Bertz CT molecular complexity index is 559. The van der Waals surface area contributed by atoms with Crippen LogP contribution in [0.2, 0.25) is 0 Å². The molecule has 0 saturated heterocycles. The number of nitrogens with one attached hydrogen (secondary N) is 2. The molecule has 0 radical (unpaired) electrons. The predicted octanol–water partition coefficient (Wildman–Crippen LogP) is 2.70. The largest absolute Gasteiger partial charge is 0.386 e. The van der Waals surface area contributed by atoms with Gasteiger partial charge in [-0.05, 0) is 18.4 Å². The lowest BCUT2D eigenvalue weighted by Gasteiger charge is -2.25. The molecule has 7 heteroatoms. The van der Waals surface area contributed by atoms with Crippen LogP contribution in [0.3, 0.4) is 0 Å². The number of anilines is 1. The van der Waals surface area contributed by atoms with Crippen molar-refractivity contribution in [1.82, 2.24) is 5.32 Å². The fraction of sp³-hybridized carbons (Fsp3) is 0.500. The molecule has 2 rings (SSSR count). The van der Waals surface area contributed by atoms with Crippen molar-refractivity contribution in [1.29, 1.82) is 0 Å². The fourth-order valence-corrected chi connectivity index (χ4v) is 2.35. The fourth-order valence-electron chi connectivity index (χ4n) is 2.35. The Morgan fingerprint density at radius 3 is 2.71 bits per heavy atom. The lowest BCUT2D eigenvalue weighted by atomic mass is 9.83. The highest BCUT2D eigenvalue weighted by Crippen LogP contribution is 2.29. The van der Waals surface area contributed by atoms with Crippen LogP contribution in [0, 0.1) is 21.8 Å². The summed E-state index contributed by atoms with van der Waals surface area (Å²) >= 11 is 0. The summed E-state index contributed by atoms with van der Waals surface area (Å²) in [6.07, 6.45) is 4.46. The Hall–Kier alpha value is -2.18. The molecule has 1 aromatic carbocycles. The number of benzene rings is 1. The van der Waals surface area contributed by atoms with Gasteiger partial charge in [0.05, 0.1) is 16.7 Å². The zero-order chi connectivity index (χ0) is 15.4. The van der Waals surface area contributed by atoms with E-state index in [9.17, 15) is 19.3 Å². The summed E-state index contributed by atoms with van der Waals surface area (Å²) in [4.78, 5) is 22.3. The third-order valence-corrected chi connectivity index (χ3v) is 3.86. The van der Waals surface area contributed by atoms with Crippen molar-refractivity contribution < 1.29 is 14.1 Å². The molecule has 0 unspecified atom stereocenters. The first-order valence-electron chi connectivity index (χ1n) is 6.96. The summed E-state index contributed by atoms with van der Waals surface area (Å²) in [6.45, 7) is 0.479. The minimum atomic E-state index is -0.754. The van der Waals surface area contributed by atoms with Gasteiger partial charge in [0.2, 0.25) is 0 Å². The molecule has 0 bridgehead atoms. The van der Waals surface area contributed by atoms with Gasteiger partial charge in [0.25, 0.3) is 11.6 Å². The van der Waals surface area contributed by atoms with E-state index in [0.717, 1.165) is 12.5 Å². The quantitative estimate of drug-likeness (QED) is 0.624. The van der Waals surface area contributed by atoms with E-state index in [-0.39, 0.29) is 11.3 Å². The Kier molecular flexibility index (Phi) is 4.72. The number of carbonyl (C=O) groups excluding carboxylic acids is 1. The summed E-state index contributed by atoms with van der Waals surface area (Å²) in [6, 6.07) is 1.94. The summed E-state index contributed by atoms with van der Waals surface area (Å²) in [5.74, 6) is -0.658. The normalized spacial score (nSPS) is 14.4.